The lowest BCUT2D eigenvalue weighted by molar-refractivity contribution is -0.153. The third-order valence-corrected chi connectivity index (χ3v) is 5.19. The van der Waals surface area contributed by atoms with Crippen LogP contribution in [0.4, 0.5) is 22.0 Å². The van der Waals surface area contributed by atoms with Crippen molar-refractivity contribution in [1.29, 1.82) is 0 Å². The molecule has 0 aliphatic heterocycles. The average Bonchev–Trinajstić information content (AvgIpc) is 3.38. The molecule has 1 saturated carbocycles. The van der Waals surface area contributed by atoms with Crippen molar-refractivity contribution in [2.45, 2.75) is 43.5 Å². The number of halogens is 6. The van der Waals surface area contributed by atoms with Crippen LogP contribution in [0.3, 0.4) is 0 Å². The highest BCUT2D eigenvalue weighted by molar-refractivity contribution is 6.30. The van der Waals surface area contributed by atoms with Crippen LogP contribution in [0, 0.1) is 11.6 Å². The molecule has 1 fully saturated rings. The van der Waals surface area contributed by atoms with E-state index in [1.165, 1.54) is 25.1 Å². The van der Waals surface area contributed by atoms with E-state index in [0.29, 0.717) is 24.5 Å². The maximum atomic E-state index is 14.0. The highest BCUT2D eigenvalue weighted by Gasteiger charge is 2.47. The third-order valence-electron chi connectivity index (χ3n) is 4.97. The number of carbonyl (C=O) groups excluding carboxylic acids is 1. The van der Waals surface area contributed by atoms with Gasteiger partial charge in [-0.15, -0.1) is 0 Å². The highest BCUT2D eigenvalue weighted by atomic mass is 35.5. The minimum absolute atomic E-state index is 0.0965. The number of amides is 1. The van der Waals surface area contributed by atoms with Crippen LogP contribution in [-0.4, -0.2) is 23.8 Å². The van der Waals surface area contributed by atoms with Crippen LogP contribution in [0.5, 0.6) is 5.75 Å². The fraction of sp³-hybridized carbons (Fsp3) is 0.381. The summed E-state index contributed by atoms with van der Waals surface area (Å²) in [5.74, 6) is -2.52. The summed E-state index contributed by atoms with van der Waals surface area (Å²) in [7, 11) is 0. The van der Waals surface area contributed by atoms with Crippen molar-refractivity contribution >= 4 is 17.5 Å². The van der Waals surface area contributed by atoms with E-state index in [9.17, 15) is 31.9 Å². The molecule has 4 nitrogen and oxygen atoms in total. The Labute approximate surface area is 180 Å². The smallest absolute Gasteiger partial charge is 0.422 e. The van der Waals surface area contributed by atoms with Crippen LogP contribution < -0.4 is 10.1 Å². The van der Waals surface area contributed by atoms with Crippen molar-refractivity contribution in [2.75, 3.05) is 6.61 Å². The Morgan fingerprint density at radius 2 is 1.87 bits per heavy atom. The molecule has 0 saturated heterocycles. The summed E-state index contributed by atoms with van der Waals surface area (Å²) in [5, 5.41) is 13.4. The lowest BCUT2D eigenvalue weighted by atomic mass is 9.91. The first-order valence-electron chi connectivity index (χ1n) is 9.29. The zero-order valence-electron chi connectivity index (χ0n) is 16.3. The average molecular weight is 464 g/mol. The summed E-state index contributed by atoms with van der Waals surface area (Å²) in [6, 6.07) is 6.75. The molecule has 0 radical (unpaired) electrons. The molecule has 10 heteroatoms. The van der Waals surface area contributed by atoms with Crippen LogP contribution in [0.1, 0.15) is 37.3 Å². The molecule has 3 rings (SSSR count). The molecular formula is C21H19ClF5NO3. The van der Waals surface area contributed by atoms with Gasteiger partial charge in [-0.3, -0.25) is 4.79 Å². The number of carbonyl (C=O) groups is 1. The van der Waals surface area contributed by atoms with E-state index >= 15 is 0 Å². The standard InChI is InChI=1S/C21H19ClF5NO3/c1-19(30,16-3-2-14(23)9-17(16)24)10-18(29)28-20(4-5-20)12-6-13(22)8-15(7-12)31-11-21(25,26)27/h2-3,6-9,30H,4-5,10-11H2,1H3,(H,28,29)/t19-/m0/s1. The van der Waals surface area contributed by atoms with Gasteiger partial charge in [0.1, 0.15) is 17.4 Å². The number of benzene rings is 2. The van der Waals surface area contributed by atoms with Crippen molar-refractivity contribution < 1.29 is 36.6 Å². The van der Waals surface area contributed by atoms with Gasteiger partial charge in [-0.2, -0.15) is 13.2 Å². The molecule has 0 heterocycles. The molecule has 2 N–H and O–H groups in total. The lowest BCUT2D eigenvalue weighted by Gasteiger charge is -2.26. The summed E-state index contributed by atoms with van der Waals surface area (Å²) in [6.07, 6.45) is -4.06. The van der Waals surface area contributed by atoms with Gasteiger partial charge >= 0.3 is 6.18 Å². The Balaban J connectivity index is 1.73. The number of rotatable bonds is 7. The van der Waals surface area contributed by atoms with E-state index in [1.807, 2.05) is 0 Å². The van der Waals surface area contributed by atoms with Gasteiger partial charge in [0.15, 0.2) is 6.61 Å². The van der Waals surface area contributed by atoms with Gasteiger partial charge in [0.2, 0.25) is 5.91 Å². The van der Waals surface area contributed by atoms with Crippen LogP contribution in [0.2, 0.25) is 5.02 Å². The van der Waals surface area contributed by atoms with E-state index in [-0.39, 0.29) is 16.3 Å². The molecular weight excluding hydrogens is 445 g/mol. The first-order valence-corrected chi connectivity index (χ1v) is 9.67. The third kappa shape index (κ3) is 5.86. The van der Waals surface area contributed by atoms with Crippen molar-refractivity contribution in [1.82, 2.24) is 5.32 Å². The monoisotopic (exact) mass is 463 g/mol. The Bertz CT molecular complexity index is 989. The SMILES string of the molecule is C[C@](O)(CC(=O)NC1(c2cc(Cl)cc(OCC(F)(F)F)c2)CC1)c1ccc(F)cc1F. The van der Waals surface area contributed by atoms with Crippen LogP contribution in [0.15, 0.2) is 36.4 Å². The first-order chi connectivity index (χ1) is 14.3. The molecule has 168 valence electrons. The maximum Gasteiger partial charge on any atom is 0.422 e. The number of nitrogens with one attached hydrogen (secondary N) is 1. The second kappa shape index (κ2) is 8.27. The second-order valence-electron chi connectivity index (χ2n) is 7.78. The first kappa shape index (κ1) is 23.3. The molecule has 1 amide bonds. The van der Waals surface area contributed by atoms with E-state index in [4.69, 9.17) is 16.3 Å². The molecule has 0 spiro atoms. The molecule has 1 aliphatic carbocycles. The van der Waals surface area contributed by atoms with E-state index < -0.39 is 47.9 Å². The van der Waals surface area contributed by atoms with Crippen LogP contribution in [-0.2, 0) is 15.9 Å². The summed E-state index contributed by atoms with van der Waals surface area (Å²) in [4.78, 5) is 12.6. The molecule has 0 aromatic heterocycles. The highest BCUT2D eigenvalue weighted by Crippen LogP contribution is 2.47. The van der Waals surface area contributed by atoms with Gasteiger partial charge in [0.25, 0.3) is 0 Å². The zero-order valence-corrected chi connectivity index (χ0v) is 17.1. The van der Waals surface area contributed by atoms with Crippen molar-refractivity contribution in [3.8, 4) is 5.75 Å². The van der Waals surface area contributed by atoms with Gasteiger partial charge < -0.3 is 15.2 Å². The summed E-state index contributed by atoms with van der Waals surface area (Å²) in [5.41, 5.74) is -2.57. The van der Waals surface area contributed by atoms with Crippen molar-refractivity contribution in [2.24, 2.45) is 0 Å². The number of ether oxygens (including phenoxy) is 1. The summed E-state index contributed by atoms with van der Waals surface area (Å²) in [6.45, 7) is -0.261. The summed E-state index contributed by atoms with van der Waals surface area (Å²) < 4.78 is 69.1. The molecule has 0 unspecified atom stereocenters. The number of hydrogen-bond acceptors (Lipinski definition) is 3. The largest absolute Gasteiger partial charge is 0.484 e. The molecule has 1 aliphatic rings. The fourth-order valence-electron chi connectivity index (χ4n) is 3.34. The van der Waals surface area contributed by atoms with Crippen LogP contribution >= 0.6 is 11.6 Å². The molecule has 31 heavy (non-hydrogen) atoms. The van der Waals surface area contributed by atoms with Crippen molar-refractivity contribution in [3.63, 3.8) is 0 Å². The Kier molecular flexibility index (Phi) is 6.21. The molecule has 0 bridgehead atoms. The van der Waals surface area contributed by atoms with E-state index in [2.05, 4.69) is 5.32 Å². The lowest BCUT2D eigenvalue weighted by Crippen LogP contribution is -2.39. The number of aliphatic hydroxyl groups is 1. The van der Waals surface area contributed by atoms with Gasteiger partial charge in [-0.05, 0) is 49.6 Å². The molecule has 2 aromatic carbocycles. The minimum Gasteiger partial charge on any atom is -0.484 e. The van der Waals surface area contributed by atoms with Crippen LogP contribution in [0.25, 0.3) is 0 Å². The van der Waals surface area contributed by atoms with Gasteiger partial charge in [-0.1, -0.05) is 17.7 Å². The van der Waals surface area contributed by atoms with Crippen molar-refractivity contribution in [3.05, 3.63) is 64.2 Å². The van der Waals surface area contributed by atoms with E-state index in [1.54, 1.807) is 0 Å². The Morgan fingerprint density at radius 3 is 2.45 bits per heavy atom. The predicted octanol–water partition coefficient (Wildman–Crippen LogP) is 4.96. The Hall–Kier alpha value is -2.39. The maximum absolute atomic E-state index is 14.0. The molecule has 1 atom stereocenters. The van der Waals surface area contributed by atoms with E-state index in [0.717, 1.165) is 12.1 Å². The topological polar surface area (TPSA) is 58.6 Å². The predicted molar refractivity (Wildman–Crippen MR) is 103 cm³/mol. The Morgan fingerprint density at radius 1 is 1.19 bits per heavy atom. The van der Waals surface area contributed by atoms with Gasteiger partial charge in [0.05, 0.1) is 17.6 Å². The van der Waals surface area contributed by atoms with Gasteiger partial charge in [-0.25, -0.2) is 8.78 Å². The number of hydrogen-bond donors (Lipinski definition) is 2. The quantitative estimate of drug-likeness (QED) is 0.570. The normalized spacial score (nSPS) is 17.0. The second-order valence-corrected chi connectivity index (χ2v) is 8.22. The summed E-state index contributed by atoms with van der Waals surface area (Å²) >= 11 is 6.00. The minimum atomic E-state index is -4.52. The van der Waals surface area contributed by atoms with Gasteiger partial charge in [0, 0.05) is 16.7 Å². The molecule has 2 aromatic rings. The fourth-order valence-corrected chi connectivity index (χ4v) is 3.57. The zero-order chi connectivity index (χ0) is 23.0. The number of alkyl halides is 3.